The monoisotopic (exact) mass is 278 g/mol. The fraction of sp³-hybridized carbons (Fsp3) is 0.417. The highest BCUT2D eigenvalue weighted by Crippen LogP contribution is 2.33. The van der Waals surface area contributed by atoms with Gasteiger partial charge in [-0.05, 0) is 25.5 Å². The predicted octanol–water partition coefficient (Wildman–Crippen LogP) is 2.85. The summed E-state index contributed by atoms with van der Waals surface area (Å²) in [4.78, 5) is 8.30. The van der Waals surface area contributed by atoms with E-state index in [0.29, 0.717) is 20.9 Å². The smallest absolute Gasteiger partial charge is 0.222 e. The zero-order valence-corrected chi connectivity index (χ0v) is 11.7. The van der Waals surface area contributed by atoms with E-state index >= 15 is 0 Å². The summed E-state index contributed by atoms with van der Waals surface area (Å²) >= 11 is 3.03. The van der Waals surface area contributed by atoms with E-state index in [1.54, 1.807) is 11.8 Å². The minimum atomic E-state index is 0.237. The normalized spacial score (nSPS) is 18.6. The zero-order chi connectivity index (χ0) is 13.0. The average Bonchev–Trinajstić information content (AvgIpc) is 2.39. The number of aromatic nitrogens is 2. The van der Waals surface area contributed by atoms with Crippen LogP contribution in [0.1, 0.15) is 24.8 Å². The molecule has 0 amide bonds. The first-order valence-corrected chi connectivity index (χ1v) is 7.80. The van der Waals surface area contributed by atoms with Crippen LogP contribution in [0.5, 0.6) is 0 Å². The second kappa shape index (κ2) is 6.12. The molecule has 0 bridgehead atoms. The second-order valence-corrected chi connectivity index (χ2v) is 5.92. The quantitative estimate of drug-likeness (QED) is 0.520. The number of nitriles is 1. The molecule has 2 N–H and O–H groups in total. The SMILES string of the molecule is CSc1nc(N)nc(S[C@H]2C=CCCC2)c1C#N. The zero-order valence-electron chi connectivity index (χ0n) is 10.1. The van der Waals surface area contributed by atoms with Gasteiger partial charge in [-0.2, -0.15) is 5.26 Å². The first-order valence-electron chi connectivity index (χ1n) is 5.69. The van der Waals surface area contributed by atoms with Gasteiger partial charge in [-0.25, -0.2) is 9.97 Å². The van der Waals surface area contributed by atoms with Crippen molar-refractivity contribution >= 4 is 29.5 Å². The minimum absolute atomic E-state index is 0.237. The van der Waals surface area contributed by atoms with Crippen LogP contribution >= 0.6 is 23.5 Å². The standard InChI is InChI=1S/C12H14N4S2/c1-17-10-9(7-13)11(16-12(14)15-10)18-8-5-3-2-4-6-8/h3,5,8H,2,4,6H2,1H3,(H2,14,15,16)/t8-/m0/s1. The van der Waals surface area contributed by atoms with Gasteiger partial charge in [0.1, 0.15) is 21.7 Å². The first kappa shape index (κ1) is 13.2. The molecule has 2 rings (SSSR count). The topological polar surface area (TPSA) is 75.6 Å². The van der Waals surface area contributed by atoms with Crippen molar-refractivity contribution in [3.05, 3.63) is 17.7 Å². The van der Waals surface area contributed by atoms with Crippen LogP contribution in [0, 0.1) is 11.3 Å². The van der Waals surface area contributed by atoms with E-state index in [4.69, 9.17) is 5.73 Å². The Kier molecular flexibility index (Phi) is 4.50. The summed E-state index contributed by atoms with van der Waals surface area (Å²) in [6.45, 7) is 0. The van der Waals surface area contributed by atoms with Crippen LogP contribution in [0.4, 0.5) is 5.95 Å². The van der Waals surface area contributed by atoms with Gasteiger partial charge in [0.2, 0.25) is 5.95 Å². The number of anilines is 1. The van der Waals surface area contributed by atoms with Crippen LogP contribution in [0.25, 0.3) is 0 Å². The molecular weight excluding hydrogens is 264 g/mol. The molecule has 0 spiro atoms. The highest BCUT2D eigenvalue weighted by Gasteiger charge is 2.17. The van der Waals surface area contributed by atoms with Crippen LogP contribution in [0.3, 0.4) is 0 Å². The van der Waals surface area contributed by atoms with E-state index in [-0.39, 0.29) is 5.95 Å². The maximum absolute atomic E-state index is 9.24. The number of thioether (sulfide) groups is 2. The molecular formula is C12H14N4S2. The van der Waals surface area contributed by atoms with Gasteiger partial charge in [0.05, 0.1) is 0 Å². The Bertz CT molecular complexity index is 508. The summed E-state index contributed by atoms with van der Waals surface area (Å²) < 4.78 is 0. The molecule has 0 unspecified atom stereocenters. The van der Waals surface area contributed by atoms with Crippen molar-refractivity contribution in [1.29, 1.82) is 5.26 Å². The van der Waals surface area contributed by atoms with Crippen molar-refractivity contribution in [2.75, 3.05) is 12.0 Å². The summed E-state index contributed by atoms with van der Waals surface area (Å²) in [5.41, 5.74) is 6.23. The van der Waals surface area contributed by atoms with Crippen molar-refractivity contribution in [2.24, 2.45) is 0 Å². The molecule has 1 aliphatic carbocycles. The van der Waals surface area contributed by atoms with E-state index in [1.165, 1.54) is 18.2 Å². The third kappa shape index (κ3) is 2.98. The minimum Gasteiger partial charge on any atom is -0.368 e. The van der Waals surface area contributed by atoms with Gasteiger partial charge in [0, 0.05) is 5.25 Å². The Morgan fingerprint density at radius 1 is 1.44 bits per heavy atom. The van der Waals surface area contributed by atoms with E-state index in [2.05, 4.69) is 28.2 Å². The summed E-state index contributed by atoms with van der Waals surface area (Å²) in [5, 5.41) is 11.0. The van der Waals surface area contributed by atoms with Gasteiger partial charge in [-0.15, -0.1) is 11.8 Å². The van der Waals surface area contributed by atoms with Gasteiger partial charge in [0.25, 0.3) is 0 Å². The molecule has 1 aromatic heterocycles. The van der Waals surface area contributed by atoms with Crippen molar-refractivity contribution in [3.63, 3.8) is 0 Å². The number of nitrogen functional groups attached to an aromatic ring is 1. The number of nitrogens with two attached hydrogens (primary N) is 1. The van der Waals surface area contributed by atoms with Crippen molar-refractivity contribution < 1.29 is 0 Å². The molecule has 0 saturated heterocycles. The Morgan fingerprint density at radius 2 is 2.22 bits per heavy atom. The maximum Gasteiger partial charge on any atom is 0.222 e. The van der Waals surface area contributed by atoms with Gasteiger partial charge < -0.3 is 5.73 Å². The fourth-order valence-corrected chi connectivity index (χ4v) is 3.55. The lowest BCUT2D eigenvalue weighted by atomic mass is 10.1. The first-order chi connectivity index (χ1) is 8.74. The molecule has 4 nitrogen and oxygen atoms in total. The molecule has 18 heavy (non-hydrogen) atoms. The summed E-state index contributed by atoms with van der Waals surface area (Å²) in [5.74, 6) is 0.237. The van der Waals surface area contributed by atoms with Crippen LogP contribution in [0.2, 0.25) is 0 Å². The number of hydrogen-bond donors (Lipinski definition) is 1. The van der Waals surface area contributed by atoms with Crippen molar-refractivity contribution in [1.82, 2.24) is 9.97 Å². The second-order valence-electron chi connectivity index (χ2n) is 3.90. The lowest BCUT2D eigenvalue weighted by Gasteiger charge is -2.16. The molecule has 1 aromatic rings. The van der Waals surface area contributed by atoms with Crippen LogP contribution < -0.4 is 5.73 Å². The van der Waals surface area contributed by atoms with Gasteiger partial charge in [-0.1, -0.05) is 23.9 Å². The molecule has 6 heteroatoms. The van der Waals surface area contributed by atoms with Gasteiger partial charge >= 0.3 is 0 Å². The Hall–Kier alpha value is -1.19. The largest absolute Gasteiger partial charge is 0.368 e. The summed E-state index contributed by atoms with van der Waals surface area (Å²) in [6, 6.07) is 2.19. The molecule has 94 valence electrons. The number of nitrogens with zero attached hydrogens (tertiary/aromatic N) is 3. The Morgan fingerprint density at radius 3 is 2.83 bits per heavy atom. The fourth-order valence-electron chi connectivity index (χ4n) is 1.79. The molecule has 1 atom stereocenters. The summed E-state index contributed by atoms with van der Waals surface area (Å²) in [7, 11) is 0. The predicted molar refractivity (Wildman–Crippen MR) is 75.6 cm³/mol. The van der Waals surface area contributed by atoms with E-state index in [9.17, 15) is 5.26 Å². The van der Waals surface area contributed by atoms with Crippen molar-refractivity contribution in [2.45, 2.75) is 34.6 Å². The molecule has 0 fully saturated rings. The molecule has 0 radical (unpaired) electrons. The Labute approximate surface area is 115 Å². The molecule has 1 heterocycles. The lowest BCUT2D eigenvalue weighted by Crippen LogP contribution is -2.06. The van der Waals surface area contributed by atoms with Gasteiger partial charge in [-0.3, -0.25) is 0 Å². The van der Waals surface area contributed by atoms with Crippen LogP contribution in [-0.4, -0.2) is 21.5 Å². The average molecular weight is 278 g/mol. The molecule has 0 aliphatic heterocycles. The molecule has 0 saturated carbocycles. The maximum atomic E-state index is 9.24. The van der Waals surface area contributed by atoms with E-state index < -0.39 is 0 Å². The lowest BCUT2D eigenvalue weighted by molar-refractivity contribution is 0.739. The van der Waals surface area contributed by atoms with Crippen molar-refractivity contribution in [3.8, 4) is 6.07 Å². The Balaban J connectivity index is 2.31. The molecule has 1 aliphatic rings. The summed E-state index contributed by atoms with van der Waals surface area (Å²) in [6.07, 6.45) is 9.71. The van der Waals surface area contributed by atoms with E-state index in [1.807, 2.05) is 6.26 Å². The van der Waals surface area contributed by atoms with E-state index in [0.717, 1.165) is 12.8 Å². The number of rotatable bonds is 3. The van der Waals surface area contributed by atoms with Crippen LogP contribution in [0.15, 0.2) is 22.2 Å². The van der Waals surface area contributed by atoms with Gasteiger partial charge in [0.15, 0.2) is 0 Å². The van der Waals surface area contributed by atoms with Crippen LogP contribution in [-0.2, 0) is 0 Å². The highest BCUT2D eigenvalue weighted by atomic mass is 32.2. The number of allylic oxidation sites excluding steroid dienone is 1. The third-order valence-corrected chi connectivity index (χ3v) is 4.53. The third-order valence-electron chi connectivity index (χ3n) is 2.64. The highest BCUT2D eigenvalue weighted by molar-refractivity contribution is 8.00. The number of hydrogen-bond acceptors (Lipinski definition) is 6. The molecule has 0 aromatic carbocycles.